The van der Waals surface area contributed by atoms with Gasteiger partial charge in [0.05, 0.1) is 6.61 Å². The minimum atomic E-state index is 0.348. The molecule has 1 aromatic heterocycles. The molecule has 1 rings (SSSR count). The van der Waals surface area contributed by atoms with Crippen LogP contribution < -0.4 is 4.74 Å². The van der Waals surface area contributed by atoms with Gasteiger partial charge in [-0.1, -0.05) is 6.92 Å². The van der Waals surface area contributed by atoms with Gasteiger partial charge < -0.3 is 9.15 Å². The minimum absolute atomic E-state index is 0.348. The second kappa shape index (κ2) is 3.95. The zero-order valence-electron chi connectivity index (χ0n) is 7.29. The van der Waals surface area contributed by atoms with E-state index in [0.717, 1.165) is 12.0 Å². The lowest BCUT2D eigenvalue weighted by Gasteiger charge is -1.96. The van der Waals surface area contributed by atoms with Crippen LogP contribution in [0.4, 0.5) is 0 Å². The first-order chi connectivity index (χ1) is 5.77. The van der Waals surface area contributed by atoms with Gasteiger partial charge in [-0.3, -0.25) is 4.79 Å². The summed E-state index contributed by atoms with van der Waals surface area (Å²) in [5.74, 6) is 0.776. The van der Waals surface area contributed by atoms with Crippen LogP contribution in [-0.4, -0.2) is 12.9 Å². The van der Waals surface area contributed by atoms with E-state index in [9.17, 15) is 4.79 Å². The van der Waals surface area contributed by atoms with E-state index in [-0.39, 0.29) is 0 Å². The molecule has 0 atom stereocenters. The van der Waals surface area contributed by atoms with Crippen LogP contribution in [0.3, 0.4) is 0 Å². The number of hydrogen-bond donors (Lipinski definition) is 0. The predicted octanol–water partition coefficient (Wildman–Crippen LogP) is 2.19. The topological polar surface area (TPSA) is 39.4 Å². The fraction of sp³-hybridized carbons (Fsp3) is 0.444. The molecule has 12 heavy (non-hydrogen) atoms. The molecule has 0 fully saturated rings. The molecule has 0 saturated heterocycles. The molecule has 0 radical (unpaired) electrons. The molecule has 1 heterocycles. The second-order valence-electron chi connectivity index (χ2n) is 2.58. The van der Waals surface area contributed by atoms with Gasteiger partial charge in [0.1, 0.15) is 0 Å². The van der Waals surface area contributed by atoms with E-state index in [1.807, 2.05) is 13.8 Å². The number of ether oxygens (including phenoxy) is 1. The third-order valence-electron chi connectivity index (χ3n) is 1.49. The Bertz CT molecular complexity index is 263. The normalized spacial score (nSPS) is 9.83. The van der Waals surface area contributed by atoms with Crippen molar-refractivity contribution in [3.05, 3.63) is 17.4 Å². The summed E-state index contributed by atoms with van der Waals surface area (Å²) in [7, 11) is 0. The Hall–Kier alpha value is -1.25. The smallest absolute Gasteiger partial charge is 0.285 e. The van der Waals surface area contributed by atoms with Gasteiger partial charge in [-0.2, -0.15) is 0 Å². The molecule has 0 N–H and O–H groups in total. The SMILES string of the molecule is CCCOc1cc(C)c(C=O)o1. The van der Waals surface area contributed by atoms with Crippen LogP contribution >= 0.6 is 0 Å². The summed E-state index contributed by atoms with van der Waals surface area (Å²) in [6.45, 7) is 4.44. The Morgan fingerprint density at radius 2 is 2.42 bits per heavy atom. The van der Waals surface area contributed by atoms with Crippen molar-refractivity contribution in [2.24, 2.45) is 0 Å². The average Bonchev–Trinajstić information content (AvgIpc) is 2.43. The summed E-state index contributed by atoms with van der Waals surface area (Å²) in [5.41, 5.74) is 0.816. The van der Waals surface area contributed by atoms with Crippen molar-refractivity contribution in [2.75, 3.05) is 6.61 Å². The fourth-order valence-corrected chi connectivity index (χ4v) is 0.857. The van der Waals surface area contributed by atoms with E-state index in [1.165, 1.54) is 0 Å². The van der Waals surface area contributed by atoms with Crippen LogP contribution in [0.15, 0.2) is 10.5 Å². The quantitative estimate of drug-likeness (QED) is 0.647. The van der Waals surface area contributed by atoms with E-state index in [0.29, 0.717) is 24.6 Å². The molecule has 0 bridgehead atoms. The molecule has 66 valence electrons. The number of aryl methyl sites for hydroxylation is 1. The van der Waals surface area contributed by atoms with Gasteiger partial charge in [0, 0.05) is 11.6 Å². The molecular formula is C9H12O3. The number of aldehydes is 1. The van der Waals surface area contributed by atoms with E-state index in [1.54, 1.807) is 6.07 Å². The zero-order chi connectivity index (χ0) is 8.97. The van der Waals surface area contributed by atoms with Crippen LogP contribution in [0.5, 0.6) is 5.95 Å². The molecule has 0 aliphatic carbocycles. The highest BCUT2D eigenvalue weighted by atomic mass is 16.6. The highest BCUT2D eigenvalue weighted by Gasteiger charge is 2.06. The first-order valence-electron chi connectivity index (χ1n) is 3.96. The monoisotopic (exact) mass is 168 g/mol. The summed E-state index contributed by atoms with van der Waals surface area (Å²) in [4.78, 5) is 10.4. The van der Waals surface area contributed by atoms with Crippen molar-refractivity contribution in [1.82, 2.24) is 0 Å². The number of carbonyl (C=O) groups excluding carboxylic acids is 1. The summed E-state index contributed by atoms with van der Waals surface area (Å²) in [5, 5.41) is 0. The predicted molar refractivity (Wildman–Crippen MR) is 44.6 cm³/mol. The van der Waals surface area contributed by atoms with E-state index >= 15 is 0 Å². The number of carbonyl (C=O) groups is 1. The van der Waals surface area contributed by atoms with Crippen LogP contribution in [0, 0.1) is 6.92 Å². The van der Waals surface area contributed by atoms with Gasteiger partial charge in [0.2, 0.25) is 0 Å². The Kier molecular flexibility index (Phi) is 2.91. The van der Waals surface area contributed by atoms with E-state index < -0.39 is 0 Å². The highest BCUT2D eigenvalue weighted by molar-refractivity contribution is 5.73. The van der Waals surface area contributed by atoms with Crippen LogP contribution in [0.25, 0.3) is 0 Å². The molecule has 3 heteroatoms. The Balaban J connectivity index is 2.68. The molecule has 0 amide bonds. The van der Waals surface area contributed by atoms with Crippen molar-refractivity contribution in [2.45, 2.75) is 20.3 Å². The minimum Gasteiger partial charge on any atom is -0.465 e. The third kappa shape index (κ3) is 1.87. The molecule has 3 nitrogen and oxygen atoms in total. The van der Waals surface area contributed by atoms with Gasteiger partial charge in [0.15, 0.2) is 12.0 Å². The van der Waals surface area contributed by atoms with Crippen molar-refractivity contribution in [3.63, 3.8) is 0 Å². The zero-order valence-corrected chi connectivity index (χ0v) is 7.29. The molecule has 0 saturated carbocycles. The van der Waals surface area contributed by atoms with E-state index in [4.69, 9.17) is 9.15 Å². The standard InChI is InChI=1S/C9H12O3/c1-3-4-11-9-5-7(2)8(6-10)12-9/h5-6H,3-4H2,1-2H3. The molecule has 0 unspecified atom stereocenters. The Morgan fingerprint density at radius 1 is 1.67 bits per heavy atom. The maximum absolute atomic E-state index is 10.4. The molecule has 0 aliphatic rings. The van der Waals surface area contributed by atoms with Crippen molar-refractivity contribution in [3.8, 4) is 5.95 Å². The molecule has 1 aromatic rings. The summed E-state index contributed by atoms with van der Waals surface area (Å²) >= 11 is 0. The van der Waals surface area contributed by atoms with E-state index in [2.05, 4.69) is 0 Å². The lowest BCUT2D eigenvalue weighted by Crippen LogP contribution is -1.92. The highest BCUT2D eigenvalue weighted by Crippen LogP contribution is 2.19. The summed E-state index contributed by atoms with van der Waals surface area (Å²) in [6.07, 6.45) is 1.62. The van der Waals surface area contributed by atoms with Gasteiger partial charge in [0.25, 0.3) is 5.95 Å². The average molecular weight is 168 g/mol. The van der Waals surface area contributed by atoms with Crippen LogP contribution in [0.2, 0.25) is 0 Å². The lowest BCUT2D eigenvalue weighted by atomic mass is 10.3. The maximum atomic E-state index is 10.4. The molecule has 0 aromatic carbocycles. The molecule has 0 aliphatic heterocycles. The largest absolute Gasteiger partial charge is 0.465 e. The second-order valence-corrected chi connectivity index (χ2v) is 2.58. The van der Waals surface area contributed by atoms with Crippen LogP contribution in [-0.2, 0) is 0 Å². The third-order valence-corrected chi connectivity index (χ3v) is 1.49. The fourth-order valence-electron chi connectivity index (χ4n) is 0.857. The summed E-state index contributed by atoms with van der Waals surface area (Å²) in [6, 6.07) is 1.72. The Morgan fingerprint density at radius 3 is 2.92 bits per heavy atom. The van der Waals surface area contributed by atoms with Gasteiger partial charge in [-0.05, 0) is 13.3 Å². The number of rotatable bonds is 4. The summed E-state index contributed by atoms with van der Waals surface area (Å²) < 4.78 is 10.3. The van der Waals surface area contributed by atoms with Gasteiger partial charge in [-0.25, -0.2) is 0 Å². The maximum Gasteiger partial charge on any atom is 0.285 e. The first-order valence-corrected chi connectivity index (χ1v) is 3.96. The first kappa shape index (κ1) is 8.84. The van der Waals surface area contributed by atoms with Crippen LogP contribution in [0.1, 0.15) is 29.5 Å². The number of hydrogen-bond acceptors (Lipinski definition) is 3. The molecule has 0 spiro atoms. The number of furan rings is 1. The lowest BCUT2D eigenvalue weighted by molar-refractivity contribution is 0.109. The van der Waals surface area contributed by atoms with Crippen molar-refractivity contribution >= 4 is 6.29 Å². The van der Waals surface area contributed by atoms with Gasteiger partial charge >= 0.3 is 0 Å². The Labute approximate surface area is 71.3 Å². The van der Waals surface area contributed by atoms with Gasteiger partial charge in [-0.15, -0.1) is 0 Å². The molecular weight excluding hydrogens is 156 g/mol. The van der Waals surface area contributed by atoms with Crippen molar-refractivity contribution in [1.29, 1.82) is 0 Å². The van der Waals surface area contributed by atoms with Crippen molar-refractivity contribution < 1.29 is 13.9 Å².